The lowest BCUT2D eigenvalue weighted by atomic mass is 10.1. The van der Waals surface area contributed by atoms with Gasteiger partial charge in [0.15, 0.2) is 6.23 Å². The number of rotatable bonds is 5. The summed E-state index contributed by atoms with van der Waals surface area (Å²) in [7, 11) is -4.73. The molecule has 0 aromatic heterocycles. The molecule has 2 amide bonds. The van der Waals surface area contributed by atoms with Crippen LogP contribution >= 0.6 is 7.82 Å². The van der Waals surface area contributed by atoms with E-state index in [-0.39, 0.29) is 6.54 Å². The van der Waals surface area contributed by atoms with Gasteiger partial charge < -0.3 is 35.4 Å². The second-order valence-electron chi connectivity index (χ2n) is 5.45. The molecule has 2 fully saturated rings. The van der Waals surface area contributed by atoms with Gasteiger partial charge in [-0.05, 0) is 13.3 Å². The smallest absolute Gasteiger partial charge is 0.387 e. The Bertz CT molecular complexity index is 488. The summed E-state index contributed by atoms with van der Waals surface area (Å²) in [5.74, 6) is 0. The Labute approximate surface area is 132 Å². The molecule has 0 spiro atoms. The number of urea groups is 1. The molecule has 2 aliphatic heterocycles. The Hall–Kier alpha value is -0.780. The number of carbonyl (C=O) groups excluding carboxylic acids is 1. The fraction of sp³-hybridized carbons (Fsp3) is 0.909. The third-order valence-corrected chi connectivity index (χ3v) is 4.43. The van der Waals surface area contributed by atoms with Crippen LogP contribution in [0.4, 0.5) is 4.79 Å². The summed E-state index contributed by atoms with van der Waals surface area (Å²) in [6, 6.07) is -0.431. The van der Waals surface area contributed by atoms with Crippen molar-refractivity contribution in [2.24, 2.45) is 5.73 Å². The van der Waals surface area contributed by atoms with E-state index in [1.54, 1.807) is 6.92 Å². The van der Waals surface area contributed by atoms with Crippen molar-refractivity contribution >= 4 is 13.9 Å². The molecule has 0 aliphatic carbocycles. The Kier molecular flexibility index (Phi) is 5.64. The molecule has 5 atom stereocenters. The highest BCUT2D eigenvalue weighted by molar-refractivity contribution is 7.46. The summed E-state index contributed by atoms with van der Waals surface area (Å²) in [5.41, 5.74) is 5.84. The van der Waals surface area contributed by atoms with Gasteiger partial charge in [0.05, 0.1) is 12.8 Å². The van der Waals surface area contributed by atoms with Gasteiger partial charge in [0, 0.05) is 13.1 Å². The molecule has 0 aromatic carbocycles. The number of phosphoric acid groups is 1. The number of phosphoric ester groups is 1. The fourth-order valence-electron chi connectivity index (χ4n) is 2.73. The van der Waals surface area contributed by atoms with E-state index >= 15 is 0 Å². The highest BCUT2D eigenvalue weighted by Gasteiger charge is 2.49. The number of ether oxygens (including phenoxy) is 1. The molecule has 23 heavy (non-hydrogen) atoms. The maximum atomic E-state index is 12.4. The molecule has 2 aliphatic rings. The zero-order valence-electron chi connectivity index (χ0n) is 12.6. The van der Waals surface area contributed by atoms with Gasteiger partial charge >= 0.3 is 13.9 Å². The molecule has 0 radical (unpaired) electrons. The molecule has 6 N–H and O–H groups in total. The van der Waals surface area contributed by atoms with Gasteiger partial charge in [-0.1, -0.05) is 0 Å². The van der Waals surface area contributed by atoms with Gasteiger partial charge in [0.25, 0.3) is 0 Å². The average Bonchev–Trinajstić information content (AvgIpc) is 2.73. The minimum Gasteiger partial charge on any atom is -0.387 e. The first-order valence-corrected chi connectivity index (χ1v) is 8.73. The van der Waals surface area contributed by atoms with Crippen LogP contribution < -0.4 is 5.73 Å². The fourth-order valence-corrected chi connectivity index (χ4v) is 3.07. The van der Waals surface area contributed by atoms with Crippen LogP contribution in [0.1, 0.15) is 13.3 Å². The molecule has 134 valence electrons. The van der Waals surface area contributed by atoms with Gasteiger partial charge in [-0.3, -0.25) is 9.42 Å². The minimum absolute atomic E-state index is 0.233. The van der Waals surface area contributed by atoms with Gasteiger partial charge in [0.2, 0.25) is 0 Å². The normalized spacial score (nSPS) is 35.9. The van der Waals surface area contributed by atoms with E-state index in [1.165, 1.54) is 9.80 Å². The van der Waals surface area contributed by atoms with Crippen molar-refractivity contribution in [1.82, 2.24) is 9.80 Å². The van der Waals surface area contributed by atoms with Crippen LogP contribution in [0, 0.1) is 0 Å². The molecule has 2 saturated heterocycles. The first-order chi connectivity index (χ1) is 10.7. The molecule has 2 heterocycles. The maximum Gasteiger partial charge on any atom is 0.469 e. The Morgan fingerprint density at radius 1 is 1.39 bits per heavy atom. The number of nitrogens with two attached hydrogens (primary N) is 1. The molecular weight excluding hydrogens is 333 g/mol. The SMILES string of the molecule is CCN1C(=O)N([C@@H]2O[C@H](COP(=O)(O)O)[C@@H](O)[C@H]2O)CC[C@H]1N. The van der Waals surface area contributed by atoms with Gasteiger partial charge in [-0.25, -0.2) is 9.36 Å². The van der Waals surface area contributed by atoms with Crippen LogP contribution in [0.2, 0.25) is 0 Å². The van der Waals surface area contributed by atoms with E-state index < -0.39 is 51.2 Å². The first kappa shape index (κ1) is 18.6. The Balaban J connectivity index is 2.05. The highest BCUT2D eigenvalue weighted by atomic mass is 31.2. The Morgan fingerprint density at radius 2 is 2.04 bits per heavy atom. The number of hydrogen-bond acceptors (Lipinski definition) is 7. The third kappa shape index (κ3) is 4.01. The summed E-state index contributed by atoms with van der Waals surface area (Å²) in [4.78, 5) is 32.4. The quantitative estimate of drug-likeness (QED) is 0.350. The van der Waals surface area contributed by atoms with E-state index in [0.29, 0.717) is 13.0 Å². The monoisotopic (exact) mass is 355 g/mol. The molecule has 12 heteroatoms. The van der Waals surface area contributed by atoms with Crippen LogP contribution in [-0.4, -0.2) is 86.2 Å². The van der Waals surface area contributed by atoms with Crippen molar-refractivity contribution in [2.45, 2.75) is 44.1 Å². The molecule has 11 nitrogen and oxygen atoms in total. The summed E-state index contributed by atoms with van der Waals surface area (Å²) in [6.45, 7) is 1.76. The van der Waals surface area contributed by atoms with Crippen molar-refractivity contribution in [2.75, 3.05) is 19.7 Å². The van der Waals surface area contributed by atoms with Crippen molar-refractivity contribution < 1.29 is 38.6 Å². The van der Waals surface area contributed by atoms with E-state index in [4.69, 9.17) is 20.3 Å². The van der Waals surface area contributed by atoms with Crippen LogP contribution in [-0.2, 0) is 13.8 Å². The summed E-state index contributed by atoms with van der Waals surface area (Å²) in [6.07, 6.45) is -5.12. The number of carbonyl (C=O) groups is 1. The molecular formula is C11H22N3O8P. The number of nitrogens with zero attached hydrogens (tertiary/aromatic N) is 2. The second-order valence-corrected chi connectivity index (χ2v) is 6.69. The van der Waals surface area contributed by atoms with Crippen molar-refractivity contribution in [3.05, 3.63) is 0 Å². The van der Waals surface area contributed by atoms with Crippen LogP contribution in [0.25, 0.3) is 0 Å². The highest BCUT2D eigenvalue weighted by Crippen LogP contribution is 2.37. The maximum absolute atomic E-state index is 12.4. The Morgan fingerprint density at radius 3 is 2.61 bits per heavy atom. The largest absolute Gasteiger partial charge is 0.469 e. The van der Waals surface area contributed by atoms with Gasteiger partial charge in [0.1, 0.15) is 18.3 Å². The molecule has 0 bridgehead atoms. The van der Waals surface area contributed by atoms with Gasteiger partial charge in [-0.2, -0.15) is 0 Å². The van der Waals surface area contributed by atoms with Gasteiger partial charge in [-0.15, -0.1) is 0 Å². The number of aliphatic hydroxyl groups excluding tert-OH is 2. The molecule has 0 aromatic rings. The van der Waals surface area contributed by atoms with Crippen LogP contribution in [0.5, 0.6) is 0 Å². The summed E-state index contributed by atoms with van der Waals surface area (Å²) >= 11 is 0. The second kappa shape index (κ2) is 6.99. The van der Waals surface area contributed by atoms with E-state index in [0.717, 1.165) is 0 Å². The lowest BCUT2D eigenvalue weighted by Crippen LogP contribution is -2.61. The van der Waals surface area contributed by atoms with Crippen LogP contribution in [0.3, 0.4) is 0 Å². The minimum atomic E-state index is -4.73. The van der Waals surface area contributed by atoms with E-state index in [9.17, 15) is 19.6 Å². The predicted molar refractivity (Wildman–Crippen MR) is 75.7 cm³/mol. The lowest BCUT2D eigenvalue weighted by molar-refractivity contribution is -0.0919. The summed E-state index contributed by atoms with van der Waals surface area (Å²) < 4.78 is 20.4. The van der Waals surface area contributed by atoms with Crippen molar-refractivity contribution in [3.63, 3.8) is 0 Å². The zero-order chi connectivity index (χ0) is 17.4. The lowest BCUT2D eigenvalue weighted by Gasteiger charge is -2.42. The molecule has 2 rings (SSSR count). The first-order valence-electron chi connectivity index (χ1n) is 7.20. The molecule has 0 unspecified atom stereocenters. The predicted octanol–water partition coefficient (Wildman–Crippen LogP) is -2.03. The number of hydrogen-bond donors (Lipinski definition) is 5. The van der Waals surface area contributed by atoms with Crippen molar-refractivity contribution in [1.29, 1.82) is 0 Å². The van der Waals surface area contributed by atoms with E-state index in [2.05, 4.69) is 4.52 Å². The topological polar surface area (TPSA) is 166 Å². The third-order valence-electron chi connectivity index (χ3n) is 3.95. The van der Waals surface area contributed by atoms with Crippen molar-refractivity contribution in [3.8, 4) is 0 Å². The average molecular weight is 355 g/mol. The van der Waals surface area contributed by atoms with Crippen LogP contribution in [0.15, 0.2) is 0 Å². The summed E-state index contributed by atoms with van der Waals surface area (Å²) in [5, 5.41) is 20.0. The standard InChI is InChI=1S/C11H22N3O8P/c1-2-13-7(12)3-4-14(11(13)17)10-9(16)8(15)6(22-10)5-21-23(18,19)20/h6-10,15-16H,2-5,12H2,1H3,(H2,18,19,20)/t6-,7+,8-,9-,10-/m1/s1. The van der Waals surface area contributed by atoms with E-state index in [1.807, 2.05) is 0 Å². The number of aliphatic hydroxyl groups is 2. The zero-order valence-corrected chi connectivity index (χ0v) is 13.5. The molecule has 0 saturated carbocycles. The number of amides is 2.